The van der Waals surface area contributed by atoms with Crippen LogP contribution in [0.25, 0.3) is 10.1 Å². The van der Waals surface area contributed by atoms with E-state index in [0.29, 0.717) is 34.3 Å². The normalized spacial score (nSPS) is 10.8. The second kappa shape index (κ2) is 10.7. The van der Waals surface area contributed by atoms with Crippen molar-refractivity contribution in [1.82, 2.24) is 5.32 Å². The molecule has 0 aliphatic carbocycles. The number of ether oxygens (including phenoxy) is 3. The molecule has 1 amide bonds. The SMILES string of the molecule is COCCNC(=O)c1sc2cc(OCc3ccc(Cl)cc3Cl)ccc2c1OCC(=O)O. The molecule has 1 aromatic heterocycles. The van der Waals surface area contributed by atoms with E-state index in [1.165, 1.54) is 18.4 Å². The summed E-state index contributed by atoms with van der Waals surface area (Å²) in [5.74, 6) is -0.709. The third-order valence-electron chi connectivity index (χ3n) is 4.16. The summed E-state index contributed by atoms with van der Waals surface area (Å²) in [5.41, 5.74) is 0.779. The van der Waals surface area contributed by atoms with Gasteiger partial charge in [0.05, 0.1) is 6.61 Å². The maximum absolute atomic E-state index is 12.6. The fraction of sp³-hybridized carbons (Fsp3) is 0.238. The molecule has 31 heavy (non-hydrogen) atoms. The molecule has 3 rings (SSSR count). The van der Waals surface area contributed by atoms with E-state index in [0.717, 1.165) is 10.3 Å². The van der Waals surface area contributed by atoms with Crippen molar-refractivity contribution in [1.29, 1.82) is 0 Å². The molecule has 10 heteroatoms. The van der Waals surface area contributed by atoms with Crippen molar-refractivity contribution in [2.45, 2.75) is 6.61 Å². The van der Waals surface area contributed by atoms with Crippen LogP contribution >= 0.6 is 34.5 Å². The second-order valence-corrected chi connectivity index (χ2v) is 8.27. The number of carboxylic acid groups (broad SMARTS) is 1. The third kappa shape index (κ3) is 6.01. The Hall–Kier alpha value is -2.52. The molecule has 0 bridgehead atoms. The highest BCUT2D eigenvalue weighted by Crippen LogP contribution is 2.40. The fourth-order valence-corrected chi connectivity index (χ4v) is 4.27. The summed E-state index contributed by atoms with van der Waals surface area (Å²) in [7, 11) is 1.53. The zero-order valence-electron chi connectivity index (χ0n) is 16.4. The molecule has 0 radical (unpaired) electrons. The van der Waals surface area contributed by atoms with E-state index in [4.69, 9.17) is 42.5 Å². The van der Waals surface area contributed by atoms with E-state index in [2.05, 4.69) is 5.32 Å². The molecule has 0 spiro atoms. The first-order chi connectivity index (χ1) is 14.9. The van der Waals surface area contributed by atoms with E-state index in [1.807, 2.05) is 0 Å². The van der Waals surface area contributed by atoms with Crippen molar-refractivity contribution in [3.05, 3.63) is 56.9 Å². The first-order valence-corrected chi connectivity index (χ1v) is 10.7. The lowest BCUT2D eigenvalue weighted by atomic mass is 10.2. The summed E-state index contributed by atoms with van der Waals surface area (Å²) in [6.45, 7) is 0.350. The summed E-state index contributed by atoms with van der Waals surface area (Å²) in [6, 6.07) is 10.4. The number of aliphatic carboxylic acids is 1. The zero-order valence-corrected chi connectivity index (χ0v) is 18.8. The van der Waals surface area contributed by atoms with Crippen molar-refractivity contribution in [2.75, 3.05) is 26.9 Å². The number of hydrogen-bond acceptors (Lipinski definition) is 6. The smallest absolute Gasteiger partial charge is 0.341 e. The van der Waals surface area contributed by atoms with Crippen LogP contribution in [0.5, 0.6) is 11.5 Å². The summed E-state index contributed by atoms with van der Waals surface area (Å²) in [5, 5.41) is 13.4. The number of carboxylic acids is 1. The van der Waals surface area contributed by atoms with Gasteiger partial charge in [-0.3, -0.25) is 4.79 Å². The zero-order chi connectivity index (χ0) is 22.4. The Balaban J connectivity index is 1.84. The Bertz CT molecular complexity index is 1100. The molecule has 0 aliphatic heterocycles. The minimum Gasteiger partial charge on any atom is -0.489 e. The summed E-state index contributed by atoms with van der Waals surface area (Å²) in [4.78, 5) is 23.8. The maximum Gasteiger partial charge on any atom is 0.341 e. The molecular formula is C21H19Cl2NO6S. The standard InChI is InChI=1S/C21H19Cl2NO6S/c1-28-7-6-24-21(27)20-19(30-11-18(25)26)15-5-4-14(9-17(15)31-20)29-10-12-2-3-13(22)8-16(12)23/h2-5,8-9H,6-7,10-11H2,1H3,(H,24,27)(H,25,26). The first-order valence-electron chi connectivity index (χ1n) is 9.14. The Morgan fingerprint density at radius 1 is 1.13 bits per heavy atom. The van der Waals surface area contributed by atoms with Gasteiger partial charge in [-0.1, -0.05) is 29.3 Å². The number of hydrogen-bond donors (Lipinski definition) is 2. The molecule has 0 aliphatic rings. The number of rotatable bonds is 10. The molecule has 164 valence electrons. The van der Waals surface area contributed by atoms with Crippen LogP contribution in [0.15, 0.2) is 36.4 Å². The second-order valence-electron chi connectivity index (χ2n) is 6.37. The Morgan fingerprint density at radius 2 is 1.94 bits per heavy atom. The number of benzene rings is 2. The van der Waals surface area contributed by atoms with Crippen molar-refractivity contribution in [3.63, 3.8) is 0 Å². The number of halogens is 2. The minimum absolute atomic E-state index is 0.226. The highest BCUT2D eigenvalue weighted by molar-refractivity contribution is 7.21. The number of methoxy groups -OCH3 is 1. The number of fused-ring (bicyclic) bond motifs is 1. The van der Waals surface area contributed by atoms with Crippen LogP contribution < -0.4 is 14.8 Å². The molecule has 2 N–H and O–H groups in total. The molecular weight excluding hydrogens is 465 g/mol. The van der Waals surface area contributed by atoms with Gasteiger partial charge >= 0.3 is 5.97 Å². The largest absolute Gasteiger partial charge is 0.489 e. The van der Waals surface area contributed by atoms with Gasteiger partial charge in [0.15, 0.2) is 12.4 Å². The number of carbonyl (C=O) groups excluding carboxylic acids is 1. The van der Waals surface area contributed by atoms with Gasteiger partial charge in [0.2, 0.25) is 0 Å². The average molecular weight is 484 g/mol. The monoisotopic (exact) mass is 483 g/mol. The van der Waals surface area contributed by atoms with Crippen LogP contribution in [-0.4, -0.2) is 43.9 Å². The Kier molecular flexibility index (Phi) is 7.97. The van der Waals surface area contributed by atoms with Crippen LogP contribution in [0.1, 0.15) is 15.2 Å². The van der Waals surface area contributed by atoms with Crippen molar-refractivity contribution < 1.29 is 28.9 Å². The third-order valence-corrected chi connectivity index (χ3v) is 5.88. The van der Waals surface area contributed by atoms with Gasteiger partial charge in [-0.2, -0.15) is 0 Å². The van der Waals surface area contributed by atoms with Crippen LogP contribution in [0, 0.1) is 0 Å². The highest BCUT2D eigenvalue weighted by atomic mass is 35.5. The molecule has 0 fully saturated rings. The van der Waals surface area contributed by atoms with Gasteiger partial charge in [0, 0.05) is 39.3 Å². The lowest BCUT2D eigenvalue weighted by molar-refractivity contribution is -0.139. The molecule has 7 nitrogen and oxygen atoms in total. The van der Waals surface area contributed by atoms with Crippen molar-refractivity contribution in [2.24, 2.45) is 0 Å². The van der Waals surface area contributed by atoms with Crippen molar-refractivity contribution in [3.8, 4) is 11.5 Å². The molecule has 2 aromatic carbocycles. The highest BCUT2D eigenvalue weighted by Gasteiger charge is 2.21. The van der Waals surface area contributed by atoms with E-state index in [1.54, 1.807) is 36.4 Å². The fourth-order valence-electron chi connectivity index (χ4n) is 2.72. The quantitative estimate of drug-likeness (QED) is 0.408. The van der Waals surface area contributed by atoms with Gasteiger partial charge in [-0.05, 0) is 30.3 Å². The van der Waals surface area contributed by atoms with Gasteiger partial charge < -0.3 is 24.6 Å². The van der Waals surface area contributed by atoms with Gasteiger partial charge in [0.25, 0.3) is 5.91 Å². The molecule has 0 saturated carbocycles. The minimum atomic E-state index is -1.13. The molecule has 1 heterocycles. The summed E-state index contributed by atoms with van der Waals surface area (Å²) >= 11 is 13.3. The van der Waals surface area contributed by atoms with Crippen LogP contribution in [0.3, 0.4) is 0 Å². The predicted octanol–water partition coefficient (Wildman–Crippen LogP) is 4.63. The van der Waals surface area contributed by atoms with Crippen LogP contribution in [0.4, 0.5) is 0 Å². The van der Waals surface area contributed by atoms with Crippen LogP contribution in [-0.2, 0) is 16.1 Å². The Labute approximate surface area is 192 Å². The molecule has 3 aromatic rings. The van der Waals surface area contributed by atoms with Crippen molar-refractivity contribution >= 4 is 56.5 Å². The molecule has 0 unspecified atom stereocenters. The predicted molar refractivity (Wildman–Crippen MR) is 120 cm³/mol. The Morgan fingerprint density at radius 3 is 2.65 bits per heavy atom. The number of amides is 1. The first kappa shape index (κ1) is 23.1. The van der Waals surface area contributed by atoms with Gasteiger partial charge in [-0.15, -0.1) is 11.3 Å². The number of thiophene rings is 1. The number of nitrogens with one attached hydrogen (secondary N) is 1. The van der Waals surface area contributed by atoms with E-state index in [9.17, 15) is 9.59 Å². The van der Waals surface area contributed by atoms with Gasteiger partial charge in [0.1, 0.15) is 17.2 Å². The average Bonchev–Trinajstić information content (AvgIpc) is 3.09. The van der Waals surface area contributed by atoms with Gasteiger partial charge in [-0.25, -0.2) is 4.79 Å². The lowest BCUT2D eigenvalue weighted by Crippen LogP contribution is -2.26. The molecule has 0 saturated heterocycles. The van der Waals surface area contributed by atoms with E-state index >= 15 is 0 Å². The maximum atomic E-state index is 12.6. The summed E-state index contributed by atoms with van der Waals surface area (Å²) < 4.78 is 16.9. The topological polar surface area (TPSA) is 94.1 Å². The summed E-state index contributed by atoms with van der Waals surface area (Å²) in [6.07, 6.45) is 0. The lowest BCUT2D eigenvalue weighted by Gasteiger charge is -2.09. The van der Waals surface area contributed by atoms with E-state index < -0.39 is 12.6 Å². The number of carbonyl (C=O) groups is 2. The van der Waals surface area contributed by atoms with Crippen LogP contribution in [0.2, 0.25) is 10.0 Å². The molecule has 0 atom stereocenters. The van der Waals surface area contributed by atoms with E-state index in [-0.39, 0.29) is 23.1 Å².